The highest BCUT2D eigenvalue weighted by Crippen LogP contribution is 2.23. The highest BCUT2D eigenvalue weighted by molar-refractivity contribution is 14.1. The van der Waals surface area contributed by atoms with Gasteiger partial charge >= 0.3 is 0 Å². The second kappa shape index (κ2) is 9.37. The van der Waals surface area contributed by atoms with Crippen LogP contribution in [0.15, 0.2) is 53.6 Å². The van der Waals surface area contributed by atoms with Crippen LogP contribution in [-0.2, 0) is 14.8 Å². The summed E-state index contributed by atoms with van der Waals surface area (Å²) in [5.41, 5.74) is 4.32. The van der Waals surface area contributed by atoms with E-state index >= 15 is 0 Å². The zero-order valence-electron chi connectivity index (χ0n) is 16.0. The zero-order valence-corrected chi connectivity index (χ0v) is 19.0. The van der Waals surface area contributed by atoms with Crippen molar-refractivity contribution in [3.8, 4) is 5.75 Å². The molecule has 2 aromatic carbocycles. The molecule has 1 unspecified atom stereocenters. The van der Waals surface area contributed by atoms with E-state index in [4.69, 9.17) is 4.74 Å². The standard InChI is InChI=1S/C19H22IN3O4S/c1-13(15-6-5-7-16(20)12-15)21-22-19(24)14(2)23(28(4,25)26)17-8-10-18(27-3)11-9-17/h5-12,14H,1-4H3,(H,22,24)/b21-13+. The number of halogens is 1. The number of hydrogen-bond donors (Lipinski definition) is 1. The van der Waals surface area contributed by atoms with E-state index in [1.54, 1.807) is 31.2 Å². The topological polar surface area (TPSA) is 88.1 Å². The average Bonchev–Trinajstić information content (AvgIpc) is 2.65. The first kappa shape index (κ1) is 22.2. The lowest BCUT2D eigenvalue weighted by Crippen LogP contribution is -2.46. The summed E-state index contributed by atoms with van der Waals surface area (Å²) in [5, 5.41) is 4.11. The highest BCUT2D eigenvalue weighted by atomic mass is 127. The van der Waals surface area contributed by atoms with Crippen LogP contribution in [0.1, 0.15) is 19.4 Å². The van der Waals surface area contributed by atoms with Crippen molar-refractivity contribution in [2.24, 2.45) is 5.10 Å². The van der Waals surface area contributed by atoms with Gasteiger partial charge in [0.15, 0.2) is 0 Å². The van der Waals surface area contributed by atoms with Crippen molar-refractivity contribution in [3.63, 3.8) is 0 Å². The molecule has 28 heavy (non-hydrogen) atoms. The lowest BCUT2D eigenvalue weighted by atomic mass is 10.1. The molecule has 0 aliphatic heterocycles. The van der Waals surface area contributed by atoms with Crippen molar-refractivity contribution in [1.82, 2.24) is 5.43 Å². The Morgan fingerprint density at radius 1 is 1.21 bits per heavy atom. The van der Waals surface area contributed by atoms with E-state index in [1.807, 2.05) is 24.3 Å². The molecule has 0 aliphatic rings. The van der Waals surface area contributed by atoms with E-state index in [9.17, 15) is 13.2 Å². The third-order valence-corrected chi connectivity index (χ3v) is 5.90. The summed E-state index contributed by atoms with van der Waals surface area (Å²) >= 11 is 2.20. The molecule has 2 rings (SSSR count). The molecule has 0 saturated heterocycles. The Bertz CT molecular complexity index is 975. The van der Waals surface area contributed by atoms with Crippen LogP contribution in [0.3, 0.4) is 0 Å². The van der Waals surface area contributed by atoms with Crippen molar-refractivity contribution < 1.29 is 17.9 Å². The Labute approximate surface area is 179 Å². The van der Waals surface area contributed by atoms with Crippen molar-refractivity contribution in [1.29, 1.82) is 0 Å². The van der Waals surface area contributed by atoms with Crippen LogP contribution in [-0.4, -0.2) is 39.4 Å². The summed E-state index contributed by atoms with van der Waals surface area (Å²) in [7, 11) is -2.17. The fourth-order valence-corrected chi connectivity index (χ4v) is 4.27. The number of hydrazone groups is 1. The van der Waals surface area contributed by atoms with Crippen LogP contribution in [0.5, 0.6) is 5.75 Å². The van der Waals surface area contributed by atoms with Crippen molar-refractivity contribution in [2.45, 2.75) is 19.9 Å². The van der Waals surface area contributed by atoms with Gasteiger partial charge < -0.3 is 4.74 Å². The largest absolute Gasteiger partial charge is 0.497 e. The van der Waals surface area contributed by atoms with E-state index in [0.29, 0.717) is 17.1 Å². The number of amides is 1. The summed E-state index contributed by atoms with van der Waals surface area (Å²) in [6.07, 6.45) is 1.06. The maximum atomic E-state index is 12.6. The van der Waals surface area contributed by atoms with Gasteiger partial charge in [0, 0.05) is 3.57 Å². The molecule has 0 spiro atoms. The molecule has 0 saturated carbocycles. The van der Waals surface area contributed by atoms with Gasteiger partial charge in [-0.2, -0.15) is 5.10 Å². The summed E-state index contributed by atoms with van der Waals surface area (Å²) in [5.74, 6) is 0.0539. The molecule has 2 aromatic rings. The molecule has 1 atom stereocenters. The fourth-order valence-electron chi connectivity index (χ4n) is 2.55. The van der Waals surface area contributed by atoms with Gasteiger partial charge in [-0.25, -0.2) is 13.8 Å². The van der Waals surface area contributed by atoms with Crippen molar-refractivity contribution in [2.75, 3.05) is 17.7 Å². The van der Waals surface area contributed by atoms with Crippen LogP contribution >= 0.6 is 22.6 Å². The van der Waals surface area contributed by atoms with E-state index in [2.05, 4.69) is 33.1 Å². The number of ether oxygens (including phenoxy) is 1. The third kappa shape index (κ3) is 5.68. The molecule has 7 nitrogen and oxygen atoms in total. The van der Waals surface area contributed by atoms with E-state index in [0.717, 1.165) is 19.7 Å². The summed E-state index contributed by atoms with van der Waals surface area (Å²) < 4.78 is 31.8. The summed E-state index contributed by atoms with van der Waals surface area (Å²) in [6.45, 7) is 3.28. The van der Waals surface area contributed by atoms with E-state index < -0.39 is 22.0 Å². The number of rotatable bonds is 7. The number of methoxy groups -OCH3 is 1. The minimum atomic E-state index is -3.70. The Balaban J connectivity index is 2.22. The molecular weight excluding hydrogens is 493 g/mol. The molecule has 150 valence electrons. The predicted molar refractivity (Wildman–Crippen MR) is 119 cm³/mol. The first-order valence-electron chi connectivity index (χ1n) is 8.37. The lowest BCUT2D eigenvalue weighted by molar-refractivity contribution is -0.121. The van der Waals surface area contributed by atoms with Crippen LogP contribution < -0.4 is 14.5 Å². The Morgan fingerprint density at radius 2 is 1.86 bits per heavy atom. The maximum absolute atomic E-state index is 12.6. The van der Waals surface area contributed by atoms with Crippen molar-refractivity contribution >= 4 is 49.9 Å². The molecule has 1 amide bonds. The van der Waals surface area contributed by atoms with Gasteiger partial charge in [-0.05, 0) is 78.4 Å². The smallest absolute Gasteiger partial charge is 0.263 e. The van der Waals surface area contributed by atoms with Crippen LogP contribution in [0.25, 0.3) is 0 Å². The number of sulfonamides is 1. The Hall–Kier alpha value is -2.14. The number of nitrogens with one attached hydrogen (secondary N) is 1. The maximum Gasteiger partial charge on any atom is 0.263 e. The van der Waals surface area contributed by atoms with Gasteiger partial charge in [0.05, 0.1) is 24.8 Å². The molecule has 1 N–H and O–H groups in total. The zero-order chi connectivity index (χ0) is 20.9. The monoisotopic (exact) mass is 515 g/mol. The first-order chi connectivity index (χ1) is 13.1. The van der Waals surface area contributed by atoms with Gasteiger partial charge in [-0.3, -0.25) is 9.10 Å². The van der Waals surface area contributed by atoms with Crippen LogP contribution in [0, 0.1) is 3.57 Å². The second-order valence-corrected chi connectivity index (χ2v) is 9.22. The molecule has 0 heterocycles. The van der Waals surface area contributed by atoms with Gasteiger partial charge in [0.1, 0.15) is 11.8 Å². The summed E-state index contributed by atoms with van der Waals surface area (Å²) in [6, 6.07) is 13.1. The normalized spacial score (nSPS) is 13.0. The number of carbonyl (C=O) groups is 1. The van der Waals surface area contributed by atoms with Crippen LogP contribution in [0.4, 0.5) is 5.69 Å². The SMILES string of the molecule is COc1ccc(N(C(C)C(=O)N/N=C(\C)c2cccc(I)c2)S(C)(=O)=O)cc1. The quantitative estimate of drug-likeness (QED) is 0.349. The number of nitrogens with zero attached hydrogens (tertiary/aromatic N) is 2. The minimum absolute atomic E-state index is 0.365. The lowest BCUT2D eigenvalue weighted by Gasteiger charge is -2.27. The molecule has 0 bridgehead atoms. The van der Waals surface area contributed by atoms with E-state index in [1.165, 1.54) is 14.0 Å². The number of anilines is 1. The van der Waals surface area contributed by atoms with Gasteiger partial charge in [-0.1, -0.05) is 12.1 Å². The highest BCUT2D eigenvalue weighted by Gasteiger charge is 2.29. The van der Waals surface area contributed by atoms with Gasteiger partial charge in [-0.15, -0.1) is 0 Å². The predicted octanol–water partition coefficient (Wildman–Crippen LogP) is 2.99. The Kier molecular flexibility index (Phi) is 7.41. The Morgan fingerprint density at radius 3 is 2.39 bits per heavy atom. The number of hydrogen-bond acceptors (Lipinski definition) is 5. The molecule has 0 aromatic heterocycles. The average molecular weight is 515 g/mol. The van der Waals surface area contributed by atoms with Crippen molar-refractivity contribution in [3.05, 3.63) is 57.7 Å². The van der Waals surface area contributed by atoms with Gasteiger partial charge in [0.25, 0.3) is 5.91 Å². The fraction of sp³-hybridized carbons (Fsp3) is 0.263. The molecular formula is C19H22IN3O4S. The van der Waals surface area contributed by atoms with Gasteiger partial charge in [0.2, 0.25) is 10.0 Å². The molecule has 9 heteroatoms. The third-order valence-electron chi connectivity index (χ3n) is 3.99. The summed E-state index contributed by atoms with van der Waals surface area (Å²) in [4.78, 5) is 12.6. The number of benzene rings is 2. The van der Waals surface area contributed by atoms with E-state index in [-0.39, 0.29) is 0 Å². The minimum Gasteiger partial charge on any atom is -0.497 e. The second-order valence-electron chi connectivity index (χ2n) is 6.12. The van der Waals surface area contributed by atoms with Crippen LogP contribution in [0.2, 0.25) is 0 Å². The molecule has 0 radical (unpaired) electrons. The number of carbonyl (C=O) groups excluding carboxylic acids is 1. The molecule has 0 aliphatic carbocycles. The molecule has 0 fully saturated rings. The first-order valence-corrected chi connectivity index (χ1v) is 11.3.